The zero-order valence-corrected chi connectivity index (χ0v) is 15.1. The van der Waals surface area contributed by atoms with Crippen molar-refractivity contribution in [1.82, 2.24) is 4.98 Å². The molecule has 0 radical (unpaired) electrons. The first-order valence-electron chi connectivity index (χ1n) is 8.11. The van der Waals surface area contributed by atoms with E-state index in [2.05, 4.69) is 15.2 Å². The van der Waals surface area contributed by atoms with Gasteiger partial charge in [-0.1, -0.05) is 11.6 Å². The molecule has 0 aliphatic carbocycles. The molecule has 1 aromatic heterocycles. The van der Waals surface area contributed by atoms with Crippen molar-refractivity contribution >= 4 is 34.6 Å². The van der Waals surface area contributed by atoms with Crippen LogP contribution in [0, 0.1) is 0 Å². The van der Waals surface area contributed by atoms with Crippen molar-refractivity contribution < 1.29 is 9.53 Å². The van der Waals surface area contributed by atoms with Crippen molar-refractivity contribution in [1.29, 1.82) is 0 Å². The summed E-state index contributed by atoms with van der Waals surface area (Å²) in [5, 5.41) is 3.47. The van der Waals surface area contributed by atoms with Gasteiger partial charge in [0.1, 0.15) is 5.69 Å². The van der Waals surface area contributed by atoms with E-state index in [1.54, 1.807) is 24.4 Å². The molecule has 25 heavy (non-hydrogen) atoms. The largest absolute Gasteiger partial charge is 0.378 e. The highest BCUT2D eigenvalue weighted by atomic mass is 35.5. The molecule has 1 aromatic carbocycles. The smallest absolute Gasteiger partial charge is 0.274 e. The van der Waals surface area contributed by atoms with Gasteiger partial charge in [-0.2, -0.15) is 0 Å². The Morgan fingerprint density at radius 2 is 2.00 bits per heavy atom. The molecule has 6 nitrogen and oxygen atoms in total. The van der Waals surface area contributed by atoms with E-state index in [0.29, 0.717) is 29.6 Å². The lowest BCUT2D eigenvalue weighted by atomic mass is 10.2. The highest BCUT2D eigenvalue weighted by Gasteiger charge is 2.16. The second-order valence-electron chi connectivity index (χ2n) is 6.01. The first kappa shape index (κ1) is 17.5. The number of nitrogens with one attached hydrogen (secondary N) is 1. The average molecular weight is 361 g/mol. The molecule has 0 unspecified atom stereocenters. The van der Waals surface area contributed by atoms with Gasteiger partial charge in [-0.3, -0.25) is 9.78 Å². The van der Waals surface area contributed by atoms with Crippen molar-refractivity contribution in [3.63, 3.8) is 0 Å². The fourth-order valence-corrected chi connectivity index (χ4v) is 2.92. The van der Waals surface area contributed by atoms with Crippen LogP contribution < -0.4 is 15.1 Å². The predicted octanol–water partition coefficient (Wildman–Crippen LogP) is 2.89. The summed E-state index contributed by atoms with van der Waals surface area (Å²) in [4.78, 5) is 21.0. The SMILES string of the molecule is CN(C)c1ccc(Cl)cc1NC(=O)c1cc(N2CCOCC2)ccn1. The van der Waals surface area contributed by atoms with Crippen LogP contribution in [0.25, 0.3) is 0 Å². The lowest BCUT2D eigenvalue weighted by Crippen LogP contribution is -2.36. The number of rotatable bonds is 4. The van der Waals surface area contributed by atoms with E-state index in [0.717, 1.165) is 24.5 Å². The summed E-state index contributed by atoms with van der Waals surface area (Å²) < 4.78 is 5.37. The summed E-state index contributed by atoms with van der Waals surface area (Å²) in [6.07, 6.45) is 1.66. The first-order chi connectivity index (χ1) is 12.0. The van der Waals surface area contributed by atoms with Gasteiger partial charge in [-0.25, -0.2) is 0 Å². The third kappa shape index (κ3) is 4.21. The Balaban J connectivity index is 1.81. The fraction of sp³-hybridized carbons (Fsp3) is 0.333. The van der Waals surface area contributed by atoms with Crippen LogP contribution in [-0.2, 0) is 4.74 Å². The van der Waals surface area contributed by atoms with Crippen molar-refractivity contribution in [2.75, 3.05) is 55.5 Å². The monoisotopic (exact) mass is 360 g/mol. The summed E-state index contributed by atoms with van der Waals surface area (Å²) in [6, 6.07) is 9.12. The van der Waals surface area contributed by atoms with Gasteiger partial charge in [0, 0.05) is 44.1 Å². The quantitative estimate of drug-likeness (QED) is 0.908. The second-order valence-corrected chi connectivity index (χ2v) is 6.45. The lowest BCUT2D eigenvalue weighted by Gasteiger charge is -2.28. The lowest BCUT2D eigenvalue weighted by molar-refractivity contribution is 0.102. The molecule has 0 bridgehead atoms. The van der Waals surface area contributed by atoms with Gasteiger partial charge in [0.2, 0.25) is 0 Å². The Bertz CT molecular complexity index is 760. The molecule has 1 aliphatic heterocycles. The number of nitrogens with zero attached hydrogens (tertiary/aromatic N) is 3. The van der Waals surface area contributed by atoms with Crippen LogP contribution in [0.4, 0.5) is 17.1 Å². The highest BCUT2D eigenvalue weighted by molar-refractivity contribution is 6.31. The minimum Gasteiger partial charge on any atom is -0.378 e. The van der Waals surface area contributed by atoms with Gasteiger partial charge in [0.25, 0.3) is 5.91 Å². The van der Waals surface area contributed by atoms with E-state index in [1.807, 2.05) is 31.1 Å². The summed E-state index contributed by atoms with van der Waals surface area (Å²) in [5.41, 5.74) is 2.87. The van der Waals surface area contributed by atoms with Crippen LogP contribution in [0.3, 0.4) is 0 Å². The van der Waals surface area contributed by atoms with Crippen molar-refractivity contribution in [2.45, 2.75) is 0 Å². The van der Waals surface area contributed by atoms with Crippen molar-refractivity contribution in [2.24, 2.45) is 0 Å². The van der Waals surface area contributed by atoms with Gasteiger partial charge < -0.3 is 19.9 Å². The standard InChI is InChI=1S/C18H21ClN4O2/c1-22(2)17-4-3-13(19)11-15(17)21-18(24)16-12-14(5-6-20-16)23-7-9-25-10-8-23/h3-6,11-12H,7-10H2,1-2H3,(H,21,24). The van der Waals surface area contributed by atoms with Crippen molar-refractivity contribution in [3.05, 3.63) is 47.2 Å². The van der Waals surface area contributed by atoms with Crippen LogP contribution in [0.5, 0.6) is 0 Å². The number of pyridine rings is 1. The van der Waals surface area contributed by atoms with Crippen LogP contribution in [0.2, 0.25) is 5.02 Å². The molecule has 0 atom stereocenters. The van der Waals surface area contributed by atoms with E-state index in [9.17, 15) is 4.79 Å². The number of halogens is 1. The molecule has 0 saturated carbocycles. The molecule has 1 aliphatic rings. The number of anilines is 3. The van der Waals surface area contributed by atoms with Gasteiger partial charge in [0.05, 0.1) is 24.6 Å². The Hall–Kier alpha value is -2.31. The van der Waals surface area contributed by atoms with E-state index in [-0.39, 0.29) is 5.91 Å². The Labute approximate surface area is 152 Å². The zero-order valence-electron chi connectivity index (χ0n) is 14.3. The predicted molar refractivity (Wildman–Crippen MR) is 101 cm³/mol. The molecule has 1 saturated heterocycles. The minimum absolute atomic E-state index is 0.263. The summed E-state index contributed by atoms with van der Waals surface area (Å²) >= 11 is 6.07. The maximum atomic E-state index is 12.7. The number of ether oxygens (including phenoxy) is 1. The molecule has 1 fully saturated rings. The number of hydrogen-bond donors (Lipinski definition) is 1. The molecule has 1 N–H and O–H groups in total. The number of hydrogen-bond acceptors (Lipinski definition) is 5. The molecular weight excluding hydrogens is 340 g/mol. The van der Waals surface area contributed by atoms with Gasteiger partial charge in [-0.15, -0.1) is 0 Å². The average Bonchev–Trinajstić information content (AvgIpc) is 2.62. The third-order valence-corrected chi connectivity index (χ3v) is 4.28. The van der Waals surface area contributed by atoms with E-state index in [4.69, 9.17) is 16.3 Å². The Morgan fingerprint density at radius 3 is 2.72 bits per heavy atom. The molecule has 2 heterocycles. The van der Waals surface area contributed by atoms with E-state index < -0.39 is 0 Å². The van der Waals surface area contributed by atoms with E-state index in [1.165, 1.54) is 0 Å². The number of carbonyl (C=O) groups is 1. The second kappa shape index (κ2) is 7.72. The number of carbonyl (C=O) groups excluding carboxylic acids is 1. The summed E-state index contributed by atoms with van der Waals surface area (Å²) in [5.74, 6) is -0.263. The van der Waals surface area contributed by atoms with Crippen molar-refractivity contribution in [3.8, 4) is 0 Å². The maximum Gasteiger partial charge on any atom is 0.274 e. The topological polar surface area (TPSA) is 57.7 Å². The third-order valence-electron chi connectivity index (χ3n) is 4.04. The number of amides is 1. The van der Waals surface area contributed by atoms with Crippen LogP contribution in [-0.4, -0.2) is 51.3 Å². The molecule has 3 rings (SSSR count). The highest BCUT2D eigenvalue weighted by Crippen LogP contribution is 2.28. The van der Waals surface area contributed by atoms with Gasteiger partial charge >= 0.3 is 0 Å². The fourth-order valence-electron chi connectivity index (χ4n) is 2.75. The normalized spacial score (nSPS) is 14.3. The molecule has 1 amide bonds. The zero-order chi connectivity index (χ0) is 17.8. The number of morpholine rings is 1. The Kier molecular flexibility index (Phi) is 5.40. The molecule has 2 aromatic rings. The number of aromatic nitrogens is 1. The maximum absolute atomic E-state index is 12.7. The minimum atomic E-state index is -0.263. The molecule has 0 spiro atoms. The molecule has 7 heteroatoms. The molecule has 132 valence electrons. The van der Waals surface area contributed by atoms with Gasteiger partial charge in [-0.05, 0) is 30.3 Å². The Morgan fingerprint density at radius 1 is 1.24 bits per heavy atom. The number of benzene rings is 1. The summed E-state index contributed by atoms with van der Waals surface area (Å²) in [7, 11) is 3.83. The van der Waals surface area contributed by atoms with E-state index >= 15 is 0 Å². The summed E-state index contributed by atoms with van der Waals surface area (Å²) in [6.45, 7) is 3.01. The first-order valence-corrected chi connectivity index (χ1v) is 8.49. The van der Waals surface area contributed by atoms with Gasteiger partial charge in [0.15, 0.2) is 0 Å². The van der Waals surface area contributed by atoms with Crippen LogP contribution >= 0.6 is 11.6 Å². The van der Waals surface area contributed by atoms with Crippen LogP contribution in [0.1, 0.15) is 10.5 Å². The molecular formula is C18H21ClN4O2. The van der Waals surface area contributed by atoms with Crippen LogP contribution in [0.15, 0.2) is 36.5 Å².